The number of aromatic nitrogens is 2. The van der Waals surface area contributed by atoms with Gasteiger partial charge in [-0.05, 0) is 65.0 Å². The molecule has 2 atom stereocenters. The summed E-state index contributed by atoms with van der Waals surface area (Å²) >= 11 is 0. The number of piperidine rings is 1. The van der Waals surface area contributed by atoms with Crippen molar-refractivity contribution < 1.29 is 0 Å². The van der Waals surface area contributed by atoms with Gasteiger partial charge in [-0.15, -0.1) is 0 Å². The second-order valence-electron chi connectivity index (χ2n) is 8.02. The zero-order valence-corrected chi connectivity index (χ0v) is 16.8. The number of hydrazone groups is 1. The van der Waals surface area contributed by atoms with Gasteiger partial charge in [-0.1, -0.05) is 18.2 Å². The Bertz CT molecular complexity index is 779. The van der Waals surface area contributed by atoms with Crippen molar-refractivity contribution >= 4 is 12.0 Å². The van der Waals surface area contributed by atoms with Gasteiger partial charge < -0.3 is 4.90 Å². The first kappa shape index (κ1) is 18.1. The van der Waals surface area contributed by atoms with Crippen LogP contribution >= 0.6 is 0 Å². The third-order valence-electron chi connectivity index (χ3n) is 5.95. The molecule has 4 rings (SSSR count). The highest BCUT2D eigenvalue weighted by Crippen LogP contribution is 2.30. The fourth-order valence-corrected chi connectivity index (χ4v) is 4.42. The van der Waals surface area contributed by atoms with Crippen molar-refractivity contribution in [3.63, 3.8) is 0 Å². The third kappa shape index (κ3) is 3.60. The van der Waals surface area contributed by atoms with Crippen LogP contribution in [0.2, 0.25) is 0 Å². The largest absolute Gasteiger partial charge is 0.356 e. The summed E-state index contributed by atoms with van der Waals surface area (Å²) in [6, 6.07) is 11.5. The smallest absolute Gasteiger partial charge is 0.141 e. The molecule has 0 saturated carbocycles. The summed E-state index contributed by atoms with van der Waals surface area (Å²) in [5, 5.41) is 12.1. The van der Waals surface area contributed by atoms with E-state index >= 15 is 0 Å². The summed E-state index contributed by atoms with van der Waals surface area (Å²) in [7, 11) is 0. The first-order valence-electron chi connectivity index (χ1n) is 10.4. The second kappa shape index (κ2) is 7.75. The summed E-state index contributed by atoms with van der Waals surface area (Å²) in [6.07, 6.45) is 8.31. The predicted molar refractivity (Wildman–Crippen MR) is 112 cm³/mol. The SMILES string of the molecule is Cc1nn(-c2ccccc2)c(N2CCCC2)c1C=NN1C(C)CCCC1C. The molecular formula is C22H31N5. The van der Waals surface area contributed by atoms with E-state index in [1.807, 2.05) is 0 Å². The minimum Gasteiger partial charge on any atom is -0.356 e. The fraction of sp³-hybridized carbons (Fsp3) is 0.545. The molecule has 1 aromatic carbocycles. The Labute approximate surface area is 162 Å². The molecule has 0 radical (unpaired) electrons. The van der Waals surface area contributed by atoms with E-state index in [-0.39, 0.29) is 0 Å². The molecule has 2 saturated heterocycles. The van der Waals surface area contributed by atoms with Gasteiger partial charge in [0, 0.05) is 25.2 Å². The number of hydrogen-bond acceptors (Lipinski definition) is 4. The molecule has 0 amide bonds. The van der Waals surface area contributed by atoms with Gasteiger partial charge in [0.05, 0.1) is 23.2 Å². The third-order valence-corrected chi connectivity index (χ3v) is 5.95. The minimum absolute atomic E-state index is 0.504. The predicted octanol–water partition coefficient (Wildman–Crippen LogP) is 4.38. The van der Waals surface area contributed by atoms with Crippen LogP contribution in [0.25, 0.3) is 5.69 Å². The molecular weight excluding hydrogens is 334 g/mol. The lowest BCUT2D eigenvalue weighted by atomic mass is 10.00. The highest BCUT2D eigenvalue weighted by atomic mass is 15.5. The number of rotatable bonds is 4. The van der Waals surface area contributed by atoms with Crippen LogP contribution in [0.15, 0.2) is 35.4 Å². The molecule has 1 aromatic heterocycles. The molecule has 0 N–H and O–H groups in total. The highest BCUT2D eigenvalue weighted by molar-refractivity contribution is 5.89. The lowest BCUT2D eigenvalue weighted by Gasteiger charge is -2.36. The molecule has 2 unspecified atom stereocenters. The molecule has 2 fully saturated rings. The molecule has 0 aliphatic carbocycles. The Morgan fingerprint density at radius 2 is 1.67 bits per heavy atom. The van der Waals surface area contributed by atoms with E-state index in [1.165, 1.54) is 37.9 Å². The van der Waals surface area contributed by atoms with Crippen molar-refractivity contribution in [2.75, 3.05) is 18.0 Å². The lowest BCUT2D eigenvalue weighted by molar-refractivity contribution is 0.109. The summed E-state index contributed by atoms with van der Waals surface area (Å²) in [5.74, 6) is 1.19. The maximum absolute atomic E-state index is 4.94. The van der Waals surface area contributed by atoms with E-state index in [0.717, 1.165) is 30.0 Å². The van der Waals surface area contributed by atoms with Crippen LogP contribution in [0.5, 0.6) is 0 Å². The van der Waals surface area contributed by atoms with E-state index < -0.39 is 0 Å². The molecule has 27 heavy (non-hydrogen) atoms. The average molecular weight is 366 g/mol. The van der Waals surface area contributed by atoms with Gasteiger partial charge in [-0.25, -0.2) is 4.68 Å². The minimum atomic E-state index is 0.504. The van der Waals surface area contributed by atoms with Gasteiger partial charge in [-0.3, -0.25) is 5.01 Å². The summed E-state index contributed by atoms with van der Waals surface area (Å²) in [4.78, 5) is 2.47. The van der Waals surface area contributed by atoms with Gasteiger partial charge in [0.25, 0.3) is 0 Å². The molecule has 5 heteroatoms. The van der Waals surface area contributed by atoms with Gasteiger partial charge in [0.2, 0.25) is 0 Å². The second-order valence-corrected chi connectivity index (χ2v) is 8.02. The fourth-order valence-electron chi connectivity index (χ4n) is 4.42. The molecule has 0 spiro atoms. The number of hydrogen-bond donors (Lipinski definition) is 0. The van der Waals surface area contributed by atoms with Crippen LogP contribution < -0.4 is 4.90 Å². The first-order valence-corrected chi connectivity index (χ1v) is 10.4. The molecule has 3 heterocycles. The first-order chi connectivity index (χ1) is 13.1. The summed E-state index contributed by atoms with van der Waals surface area (Å²) in [5.41, 5.74) is 3.31. The van der Waals surface area contributed by atoms with Gasteiger partial charge in [0.15, 0.2) is 0 Å². The number of para-hydroxylation sites is 1. The van der Waals surface area contributed by atoms with Crippen LogP contribution in [0.1, 0.15) is 57.2 Å². The molecule has 0 bridgehead atoms. The van der Waals surface area contributed by atoms with Gasteiger partial charge in [-0.2, -0.15) is 10.2 Å². The van der Waals surface area contributed by atoms with Crippen LogP contribution in [-0.4, -0.2) is 46.2 Å². The molecule has 144 valence electrons. The average Bonchev–Trinajstić information content (AvgIpc) is 3.30. The lowest BCUT2D eigenvalue weighted by Crippen LogP contribution is -2.39. The number of benzene rings is 1. The summed E-state index contributed by atoms with van der Waals surface area (Å²) in [6.45, 7) is 8.86. The maximum Gasteiger partial charge on any atom is 0.141 e. The van der Waals surface area contributed by atoms with Gasteiger partial charge in [0.1, 0.15) is 5.82 Å². The Hall–Kier alpha value is -2.30. The monoisotopic (exact) mass is 365 g/mol. The normalized spacial score (nSPS) is 23.5. The molecule has 5 nitrogen and oxygen atoms in total. The Balaban J connectivity index is 1.73. The Morgan fingerprint density at radius 3 is 2.33 bits per heavy atom. The maximum atomic E-state index is 4.94. The molecule has 2 aromatic rings. The topological polar surface area (TPSA) is 36.7 Å². The van der Waals surface area contributed by atoms with Crippen LogP contribution in [0, 0.1) is 6.92 Å². The van der Waals surface area contributed by atoms with Crippen molar-refractivity contribution in [2.24, 2.45) is 5.10 Å². The highest BCUT2D eigenvalue weighted by Gasteiger charge is 2.25. The van der Waals surface area contributed by atoms with Crippen LogP contribution in [-0.2, 0) is 0 Å². The van der Waals surface area contributed by atoms with E-state index in [4.69, 9.17) is 10.2 Å². The van der Waals surface area contributed by atoms with Crippen molar-refractivity contribution in [3.8, 4) is 5.69 Å². The van der Waals surface area contributed by atoms with E-state index in [0.29, 0.717) is 12.1 Å². The van der Waals surface area contributed by atoms with E-state index in [9.17, 15) is 0 Å². The van der Waals surface area contributed by atoms with E-state index in [1.54, 1.807) is 0 Å². The van der Waals surface area contributed by atoms with Crippen molar-refractivity contribution in [1.82, 2.24) is 14.8 Å². The standard InChI is InChI=1S/C22H31N5/c1-17-10-9-11-18(2)26(17)23-16-21-19(3)24-27(20-12-5-4-6-13-20)22(21)25-14-7-8-15-25/h4-6,12-13,16-18H,7-11,14-15H2,1-3H3. The molecule has 2 aliphatic heterocycles. The summed E-state index contributed by atoms with van der Waals surface area (Å²) < 4.78 is 2.10. The van der Waals surface area contributed by atoms with Crippen molar-refractivity contribution in [3.05, 3.63) is 41.6 Å². The molecule has 2 aliphatic rings. The number of nitrogens with zero attached hydrogens (tertiary/aromatic N) is 5. The van der Waals surface area contributed by atoms with E-state index in [2.05, 4.69) is 71.9 Å². The zero-order chi connectivity index (χ0) is 18.8. The van der Waals surface area contributed by atoms with Crippen LogP contribution in [0.3, 0.4) is 0 Å². The van der Waals surface area contributed by atoms with Crippen molar-refractivity contribution in [2.45, 2.75) is 65.0 Å². The number of aryl methyl sites for hydroxylation is 1. The number of anilines is 1. The Morgan fingerprint density at radius 1 is 1.00 bits per heavy atom. The zero-order valence-electron chi connectivity index (χ0n) is 16.8. The van der Waals surface area contributed by atoms with Gasteiger partial charge >= 0.3 is 0 Å². The Kier molecular flexibility index (Phi) is 5.19. The van der Waals surface area contributed by atoms with Crippen molar-refractivity contribution in [1.29, 1.82) is 0 Å². The quantitative estimate of drug-likeness (QED) is 0.755. The van der Waals surface area contributed by atoms with Crippen LogP contribution in [0.4, 0.5) is 5.82 Å².